The third-order valence-corrected chi connectivity index (χ3v) is 2.80. The number of carboxylic acid groups (broad SMARTS) is 1. The number of anilines is 2. The maximum absolute atomic E-state index is 11.2. The molecule has 0 radical (unpaired) electrons. The summed E-state index contributed by atoms with van der Waals surface area (Å²) in [5.41, 5.74) is 1.34. The molecule has 2 N–H and O–H groups in total. The minimum absolute atomic E-state index is 0.121. The molecule has 0 aliphatic carbocycles. The van der Waals surface area contributed by atoms with E-state index in [-0.39, 0.29) is 5.56 Å². The van der Waals surface area contributed by atoms with Crippen molar-refractivity contribution in [1.29, 1.82) is 0 Å². The number of hydrogen-bond donors (Lipinski definition) is 2. The highest BCUT2D eigenvalue weighted by molar-refractivity contribution is 6.31. The van der Waals surface area contributed by atoms with Crippen molar-refractivity contribution in [3.63, 3.8) is 0 Å². The lowest BCUT2D eigenvalue weighted by Gasteiger charge is -2.11. The average Bonchev–Trinajstić information content (AvgIpc) is 2.41. The van der Waals surface area contributed by atoms with Crippen LogP contribution in [-0.2, 0) is 0 Å². The molecule has 0 saturated carbocycles. The predicted molar refractivity (Wildman–Crippen MR) is 74.7 cm³/mol. The van der Waals surface area contributed by atoms with E-state index in [0.29, 0.717) is 16.5 Å². The molecule has 5 heteroatoms. The Morgan fingerprint density at radius 1 is 1.26 bits per heavy atom. The van der Waals surface area contributed by atoms with Crippen LogP contribution in [0.15, 0.2) is 42.5 Å². The van der Waals surface area contributed by atoms with Crippen LogP contribution in [0.2, 0.25) is 5.02 Å². The fraction of sp³-hybridized carbons (Fsp3) is 0.0714. The van der Waals surface area contributed by atoms with Gasteiger partial charge in [-0.25, -0.2) is 4.79 Å². The largest absolute Gasteiger partial charge is 0.497 e. The second-order valence-corrected chi connectivity index (χ2v) is 4.29. The van der Waals surface area contributed by atoms with E-state index >= 15 is 0 Å². The minimum atomic E-state index is -1.03. The Kier molecular flexibility index (Phi) is 3.92. The number of hydrogen-bond acceptors (Lipinski definition) is 3. The Morgan fingerprint density at radius 2 is 2.05 bits per heavy atom. The first-order chi connectivity index (χ1) is 9.10. The summed E-state index contributed by atoms with van der Waals surface area (Å²) in [6.07, 6.45) is 0. The average molecular weight is 278 g/mol. The zero-order valence-electron chi connectivity index (χ0n) is 10.2. The SMILES string of the molecule is COc1cccc(Nc2ccc(Cl)cc2C(=O)O)c1. The van der Waals surface area contributed by atoms with Crippen LogP contribution < -0.4 is 10.1 Å². The molecular weight excluding hydrogens is 266 g/mol. The van der Waals surface area contributed by atoms with Gasteiger partial charge in [0.05, 0.1) is 18.4 Å². The van der Waals surface area contributed by atoms with E-state index in [0.717, 1.165) is 5.69 Å². The lowest BCUT2D eigenvalue weighted by molar-refractivity contribution is 0.0698. The highest BCUT2D eigenvalue weighted by atomic mass is 35.5. The molecule has 0 saturated heterocycles. The Morgan fingerprint density at radius 3 is 2.74 bits per heavy atom. The molecule has 0 aromatic heterocycles. The third kappa shape index (κ3) is 3.17. The quantitative estimate of drug-likeness (QED) is 0.893. The summed E-state index contributed by atoms with van der Waals surface area (Å²) in [6.45, 7) is 0. The van der Waals surface area contributed by atoms with Gasteiger partial charge < -0.3 is 15.2 Å². The summed E-state index contributed by atoms with van der Waals surface area (Å²) in [4.78, 5) is 11.2. The van der Waals surface area contributed by atoms with Crippen LogP contribution in [0.5, 0.6) is 5.75 Å². The molecule has 4 nitrogen and oxygen atoms in total. The van der Waals surface area contributed by atoms with Gasteiger partial charge in [-0.3, -0.25) is 0 Å². The molecule has 2 aromatic rings. The van der Waals surface area contributed by atoms with Gasteiger partial charge in [-0.15, -0.1) is 0 Å². The van der Waals surface area contributed by atoms with Gasteiger partial charge in [0.15, 0.2) is 0 Å². The second-order valence-electron chi connectivity index (χ2n) is 3.85. The summed E-state index contributed by atoms with van der Waals surface area (Å²) in [5, 5.41) is 12.6. The van der Waals surface area contributed by atoms with Crippen LogP contribution in [0.4, 0.5) is 11.4 Å². The van der Waals surface area contributed by atoms with Gasteiger partial charge in [-0.2, -0.15) is 0 Å². The normalized spacial score (nSPS) is 10.0. The minimum Gasteiger partial charge on any atom is -0.497 e. The van der Waals surface area contributed by atoms with Crippen LogP contribution in [0.1, 0.15) is 10.4 Å². The highest BCUT2D eigenvalue weighted by Crippen LogP contribution is 2.26. The number of carbonyl (C=O) groups is 1. The van der Waals surface area contributed by atoms with Gasteiger partial charge >= 0.3 is 5.97 Å². The van der Waals surface area contributed by atoms with Crippen LogP contribution in [-0.4, -0.2) is 18.2 Å². The van der Waals surface area contributed by atoms with Crippen molar-refractivity contribution in [2.24, 2.45) is 0 Å². The number of methoxy groups -OCH3 is 1. The molecule has 0 spiro atoms. The van der Waals surface area contributed by atoms with Crippen LogP contribution >= 0.6 is 11.6 Å². The Labute approximate surface area is 115 Å². The molecule has 2 rings (SSSR count). The number of rotatable bonds is 4. The zero-order chi connectivity index (χ0) is 13.8. The van der Waals surface area contributed by atoms with E-state index in [1.165, 1.54) is 6.07 Å². The standard InChI is InChI=1S/C14H12ClNO3/c1-19-11-4-2-3-10(8-11)16-13-6-5-9(15)7-12(13)14(17)18/h2-8,16H,1H3,(H,17,18). The highest BCUT2D eigenvalue weighted by Gasteiger charge is 2.11. The van der Waals surface area contributed by atoms with Crippen LogP contribution in [0, 0.1) is 0 Å². The van der Waals surface area contributed by atoms with Crippen molar-refractivity contribution >= 4 is 28.9 Å². The Bertz CT molecular complexity index is 613. The molecular formula is C14H12ClNO3. The summed E-state index contributed by atoms with van der Waals surface area (Å²) >= 11 is 5.80. The molecule has 0 aliphatic heterocycles. The number of carboxylic acids is 1. The van der Waals surface area contributed by atoms with Gasteiger partial charge in [0.1, 0.15) is 5.75 Å². The molecule has 0 unspecified atom stereocenters. The first-order valence-corrected chi connectivity index (χ1v) is 5.92. The Hall–Kier alpha value is -2.20. The van der Waals surface area contributed by atoms with E-state index < -0.39 is 5.97 Å². The number of benzene rings is 2. The van der Waals surface area contributed by atoms with E-state index in [9.17, 15) is 4.79 Å². The molecule has 98 valence electrons. The molecule has 0 atom stereocenters. The lowest BCUT2D eigenvalue weighted by atomic mass is 10.1. The van der Waals surface area contributed by atoms with Crippen molar-refractivity contribution in [2.75, 3.05) is 12.4 Å². The smallest absolute Gasteiger partial charge is 0.337 e. The predicted octanol–water partition coefficient (Wildman–Crippen LogP) is 3.79. The molecule has 19 heavy (non-hydrogen) atoms. The van der Waals surface area contributed by atoms with Gasteiger partial charge in [0, 0.05) is 16.8 Å². The molecule has 0 bridgehead atoms. The first kappa shape index (κ1) is 13.2. The summed E-state index contributed by atoms with van der Waals surface area (Å²) in [7, 11) is 1.57. The van der Waals surface area contributed by atoms with E-state index in [1.54, 1.807) is 25.3 Å². The maximum atomic E-state index is 11.2. The van der Waals surface area contributed by atoms with E-state index in [4.69, 9.17) is 21.4 Å². The number of aromatic carboxylic acids is 1. The summed E-state index contributed by atoms with van der Waals surface area (Å²) < 4.78 is 5.11. The summed E-state index contributed by atoms with van der Waals surface area (Å²) in [6, 6.07) is 11.9. The van der Waals surface area contributed by atoms with Crippen molar-refractivity contribution in [2.45, 2.75) is 0 Å². The van der Waals surface area contributed by atoms with Crippen LogP contribution in [0.25, 0.3) is 0 Å². The lowest BCUT2D eigenvalue weighted by Crippen LogP contribution is -2.02. The van der Waals surface area contributed by atoms with E-state index in [2.05, 4.69) is 5.32 Å². The molecule has 2 aromatic carbocycles. The van der Waals surface area contributed by atoms with E-state index in [1.807, 2.05) is 18.2 Å². The molecule has 0 aliphatic rings. The fourth-order valence-corrected chi connectivity index (χ4v) is 1.83. The second kappa shape index (κ2) is 5.63. The molecule has 0 heterocycles. The fourth-order valence-electron chi connectivity index (χ4n) is 1.66. The monoisotopic (exact) mass is 277 g/mol. The van der Waals surface area contributed by atoms with Crippen molar-refractivity contribution in [1.82, 2.24) is 0 Å². The third-order valence-electron chi connectivity index (χ3n) is 2.56. The van der Waals surface area contributed by atoms with Crippen LogP contribution in [0.3, 0.4) is 0 Å². The topological polar surface area (TPSA) is 58.6 Å². The number of ether oxygens (including phenoxy) is 1. The van der Waals surface area contributed by atoms with Crippen molar-refractivity contribution in [3.8, 4) is 5.75 Å². The maximum Gasteiger partial charge on any atom is 0.337 e. The summed E-state index contributed by atoms with van der Waals surface area (Å²) in [5.74, 6) is -0.344. The first-order valence-electron chi connectivity index (χ1n) is 5.54. The molecule has 0 amide bonds. The number of nitrogens with one attached hydrogen (secondary N) is 1. The van der Waals surface area contributed by atoms with Crippen molar-refractivity contribution < 1.29 is 14.6 Å². The Balaban J connectivity index is 2.34. The van der Waals surface area contributed by atoms with Crippen molar-refractivity contribution in [3.05, 3.63) is 53.1 Å². The number of halogens is 1. The van der Waals surface area contributed by atoms with Gasteiger partial charge in [0.2, 0.25) is 0 Å². The van der Waals surface area contributed by atoms with Gasteiger partial charge in [0.25, 0.3) is 0 Å². The molecule has 0 fully saturated rings. The zero-order valence-corrected chi connectivity index (χ0v) is 10.9. The van der Waals surface area contributed by atoms with Gasteiger partial charge in [-0.1, -0.05) is 17.7 Å². The van der Waals surface area contributed by atoms with Gasteiger partial charge in [-0.05, 0) is 30.3 Å².